The van der Waals surface area contributed by atoms with Crippen LogP contribution in [0.15, 0.2) is 42.5 Å². The van der Waals surface area contributed by atoms with E-state index in [4.69, 9.17) is 23.2 Å². The topological polar surface area (TPSA) is 29.1 Å². The number of hydrogen-bond acceptors (Lipinski definition) is 1. The van der Waals surface area contributed by atoms with Crippen LogP contribution in [0.1, 0.15) is 36.4 Å². The molecule has 2 aromatic rings. The summed E-state index contributed by atoms with van der Waals surface area (Å²) < 4.78 is 13.2. The summed E-state index contributed by atoms with van der Waals surface area (Å²) in [4.78, 5) is 12.4. The standard InChI is InChI=1S/C18H16Cl2FNO/c1-10(11-5-6-17(21)16(20)8-11)22-18(23)15-9-14(15)12-3-2-4-13(19)7-12/h2-8,10,14-15H,9H2,1H3,(H,22,23). The second-order valence-corrected chi connectivity index (χ2v) is 6.75. The van der Waals surface area contributed by atoms with E-state index in [0.717, 1.165) is 17.5 Å². The molecular weight excluding hydrogens is 336 g/mol. The number of nitrogens with one attached hydrogen (secondary N) is 1. The van der Waals surface area contributed by atoms with Gasteiger partial charge in [-0.25, -0.2) is 4.39 Å². The summed E-state index contributed by atoms with van der Waals surface area (Å²) in [6.07, 6.45) is 0.822. The van der Waals surface area contributed by atoms with Crippen molar-refractivity contribution in [2.45, 2.75) is 25.3 Å². The molecule has 0 saturated heterocycles. The molecular formula is C18H16Cl2FNO. The molecule has 5 heteroatoms. The van der Waals surface area contributed by atoms with E-state index < -0.39 is 5.82 Å². The Morgan fingerprint density at radius 1 is 1.26 bits per heavy atom. The molecule has 0 aromatic heterocycles. The van der Waals surface area contributed by atoms with Crippen LogP contribution < -0.4 is 5.32 Å². The Morgan fingerprint density at radius 2 is 2.04 bits per heavy atom. The van der Waals surface area contributed by atoms with E-state index in [9.17, 15) is 9.18 Å². The highest BCUT2D eigenvalue weighted by atomic mass is 35.5. The molecule has 1 amide bonds. The Morgan fingerprint density at radius 3 is 2.74 bits per heavy atom. The van der Waals surface area contributed by atoms with Crippen LogP contribution in [0.5, 0.6) is 0 Å². The van der Waals surface area contributed by atoms with Crippen LogP contribution in [0, 0.1) is 11.7 Å². The van der Waals surface area contributed by atoms with Crippen molar-refractivity contribution >= 4 is 29.1 Å². The molecule has 2 aromatic carbocycles. The first-order chi connectivity index (χ1) is 11.0. The predicted octanol–water partition coefficient (Wildman–Crippen LogP) is 5.11. The lowest BCUT2D eigenvalue weighted by molar-refractivity contribution is -0.123. The summed E-state index contributed by atoms with van der Waals surface area (Å²) in [6, 6.07) is 11.9. The van der Waals surface area contributed by atoms with Gasteiger partial charge in [-0.1, -0.05) is 41.4 Å². The average Bonchev–Trinajstić information content (AvgIpc) is 3.30. The number of amides is 1. The molecule has 3 rings (SSSR count). The Kier molecular flexibility index (Phi) is 4.60. The molecule has 1 fully saturated rings. The Hall–Kier alpha value is -1.58. The van der Waals surface area contributed by atoms with Gasteiger partial charge >= 0.3 is 0 Å². The quantitative estimate of drug-likeness (QED) is 0.814. The highest BCUT2D eigenvalue weighted by molar-refractivity contribution is 6.31. The summed E-state index contributed by atoms with van der Waals surface area (Å²) in [7, 11) is 0. The molecule has 2 nitrogen and oxygen atoms in total. The first-order valence-corrected chi connectivity index (χ1v) is 8.22. The maximum absolute atomic E-state index is 13.2. The van der Waals surface area contributed by atoms with Crippen molar-refractivity contribution in [1.82, 2.24) is 5.32 Å². The van der Waals surface area contributed by atoms with Gasteiger partial charge in [-0.3, -0.25) is 4.79 Å². The number of carbonyl (C=O) groups is 1. The normalized spacial score (nSPS) is 20.9. The van der Waals surface area contributed by atoms with Crippen LogP contribution in [-0.2, 0) is 4.79 Å². The molecule has 23 heavy (non-hydrogen) atoms. The van der Waals surface area contributed by atoms with Crippen molar-refractivity contribution < 1.29 is 9.18 Å². The lowest BCUT2D eigenvalue weighted by Gasteiger charge is -2.15. The van der Waals surface area contributed by atoms with Crippen molar-refractivity contribution in [1.29, 1.82) is 0 Å². The van der Waals surface area contributed by atoms with E-state index in [0.29, 0.717) is 5.02 Å². The van der Waals surface area contributed by atoms with Crippen LogP contribution in [0.25, 0.3) is 0 Å². The smallest absolute Gasteiger partial charge is 0.224 e. The summed E-state index contributed by atoms with van der Waals surface area (Å²) in [5, 5.41) is 3.71. The van der Waals surface area contributed by atoms with Gasteiger partial charge in [0.1, 0.15) is 5.82 Å². The molecule has 0 spiro atoms. The van der Waals surface area contributed by atoms with Gasteiger partial charge in [0.2, 0.25) is 5.91 Å². The molecule has 0 radical (unpaired) electrons. The third kappa shape index (κ3) is 3.67. The molecule has 1 saturated carbocycles. The third-order valence-electron chi connectivity index (χ3n) is 4.21. The molecule has 1 N–H and O–H groups in total. The molecule has 3 atom stereocenters. The number of benzene rings is 2. The second kappa shape index (κ2) is 6.50. The van der Waals surface area contributed by atoms with Crippen molar-refractivity contribution in [3.8, 4) is 0 Å². The van der Waals surface area contributed by atoms with Crippen LogP contribution in [-0.4, -0.2) is 5.91 Å². The number of hydrogen-bond donors (Lipinski definition) is 1. The number of rotatable bonds is 4. The Balaban J connectivity index is 1.63. The van der Waals surface area contributed by atoms with Crippen LogP contribution in [0.4, 0.5) is 4.39 Å². The molecule has 1 aliphatic carbocycles. The van der Waals surface area contributed by atoms with Crippen molar-refractivity contribution in [3.05, 3.63) is 69.5 Å². The zero-order valence-electron chi connectivity index (χ0n) is 12.5. The largest absolute Gasteiger partial charge is 0.349 e. The van der Waals surface area contributed by atoms with Gasteiger partial charge in [0.25, 0.3) is 0 Å². The van der Waals surface area contributed by atoms with E-state index >= 15 is 0 Å². The zero-order chi connectivity index (χ0) is 16.6. The highest BCUT2D eigenvalue weighted by Crippen LogP contribution is 2.48. The van der Waals surface area contributed by atoms with Crippen LogP contribution >= 0.6 is 23.2 Å². The average molecular weight is 352 g/mol. The van der Waals surface area contributed by atoms with Gasteiger partial charge in [0, 0.05) is 10.9 Å². The fourth-order valence-corrected chi connectivity index (χ4v) is 3.16. The van der Waals surface area contributed by atoms with Gasteiger partial charge in [-0.05, 0) is 54.7 Å². The minimum atomic E-state index is -0.461. The Labute approximate surface area is 144 Å². The molecule has 120 valence electrons. The first kappa shape index (κ1) is 16.3. The molecule has 0 bridgehead atoms. The SMILES string of the molecule is CC(NC(=O)C1CC1c1cccc(Cl)c1)c1ccc(F)c(Cl)c1. The van der Waals surface area contributed by atoms with Crippen LogP contribution in [0.3, 0.4) is 0 Å². The molecule has 0 heterocycles. The van der Waals surface area contributed by atoms with Crippen molar-refractivity contribution in [2.75, 3.05) is 0 Å². The minimum Gasteiger partial charge on any atom is -0.349 e. The lowest BCUT2D eigenvalue weighted by Crippen LogP contribution is -2.28. The van der Waals surface area contributed by atoms with E-state index in [-0.39, 0.29) is 28.8 Å². The molecule has 0 aliphatic heterocycles. The summed E-state index contributed by atoms with van der Waals surface area (Å²) in [5.41, 5.74) is 1.87. The minimum absolute atomic E-state index is 0.00271. The maximum Gasteiger partial charge on any atom is 0.224 e. The molecule has 3 unspecified atom stereocenters. The fourth-order valence-electron chi connectivity index (χ4n) is 2.78. The number of halogens is 3. The first-order valence-electron chi connectivity index (χ1n) is 7.46. The summed E-state index contributed by atoms with van der Waals surface area (Å²) >= 11 is 11.8. The maximum atomic E-state index is 13.2. The van der Waals surface area contributed by atoms with Gasteiger partial charge in [0.05, 0.1) is 11.1 Å². The van der Waals surface area contributed by atoms with Gasteiger partial charge < -0.3 is 5.32 Å². The monoisotopic (exact) mass is 351 g/mol. The Bertz CT molecular complexity index is 750. The van der Waals surface area contributed by atoms with Crippen LogP contribution in [0.2, 0.25) is 10.0 Å². The van der Waals surface area contributed by atoms with Gasteiger partial charge in [0.15, 0.2) is 0 Å². The van der Waals surface area contributed by atoms with E-state index in [2.05, 4.69) is 5.32 Å². The fraction of sp³-hybridized carbons (Fsp3) is 0.278. The lowest BCUT2D eigenvalue weighted by atomic mass is 10.1. The molecule has 1 aliphatic rings. The second-order valence-electron chi connectivity index (χ2n) is 5.91. The van der Waals surface area contributed by atoms with Crippen molar-refractivity contribution in [3.63, 3.8) is 0 Å². The predicted molar refractivity (Wildman–Crippen MR) is 90.3 cm³/mol. The van der Waals surface area contributed by atoms with E-state index in [1.54, 1.807) is 12.1 Å². The van der Waals surface area contributed by atoms with Gasteiger partial charge in [-0.15, -0.1) is 0 Å². The third-order valence-corrected chi connectivity index (χ3v) is 4.73. The number of carbonyl (C=O) groups excluding carboxylic acids is 1. The van der Waals surface area contributed by atoms with Gasteiger partial charge in [-0.2, -0.15) is 0 Å². The van der Waals surface area contributed by atoms with Crippen molar-refractivity contribution in [2.24, 2.45) is 5.92 Å². The highest BCUT2D eigenvalue weighted by Gasteiger charge is 2.44. The summed E-state index contributed by atoms with van der Waals surface area (Å²) in [6.45, 7) is 1.86. The zero-order valence-corrected chi connectivity index (χ0v) is 14.0. The van der Waals surface area contributed by atoms with E-state index in [1.807, 2.05) is 31.2 Å². The van der Waals surface area contributed by atoms with E-state index in [1.165, 1.54) is 6.07 Å². The summed E-state index contributed by atoms with van der Waals surface area (Å²) in [5.74, 6) is -0.273.